The Balaban J connectivity index is 4.10. The van der Waals surface area contributed by atoms with Gasteiger partial charge in [0, 0.05) is 13.0 Å². The number of rotatable bonds is 2. The Morgan fingerprint density at radius 3 is 1.50 bits per heavy atom. The van der Waals surface area contributed by atoms with Crippen molar-refractivity contribution in [3.63, 3.8) is 0 Å². The molecule has 0 unspecified atom stereocenters. The van der Waals surface area contributed by atoms with E-state index in [2.05, 4.69) is 0 Å². The Morgan fingerprint density at radius 1 is 1.00 bits per heavy atom. The van der Waals surface area contributed by atoms with Gasteiger partial charge in [-0.15, -0.1) is 0 Å². The smallest absolute Gasteiger partial charge is 0.396 e. The van der Waals surface area contributed by atoms with Crippen LogP contribution in [-0.2, 0) is 0 Å². The lowest BCUT2D eigenvalue weighted by Crippen LogP contribution is -2.37. The lowest BCUT2D eigenvalue weighted by molar-refractivity contribution is -0.286. The number of hydrogen-bond donors (Lipinski definition) is 1. The Hall–Kier alpha value is -0.390. The monoisotopic (exact) mass is 164 g/mol. The van der Waals surface area contributed by atoms with E-state index >= 15 is 0 Å². The highest BCUT2D eigenvalue weighted by molar-refractivity contribution is 4.74. The SMILES string of the molecule is OCCC(F)(F)C(F)(F)F. The van der Waals surface area contributed by atoms with E-state index < -0.39 is 25.1 Å². The molecule has 1 N–H and O–H groups in total. The first-order chi connectivity index (χ1) is 4.31. The zero-order valence-corrected chi connectivity index (χ0v) is 4.75. The lowest BCUT2D eigenvalue weighted by Gasteiger charge is -2.17. The average Bonchev–Trinajstić information content (AvgIpc) is 1.61. The summed E-state index contributed by atoms with van der Waals surface area (Å²) in [4.78, 5) is 0. The number of alkyl halides is 5. The third-order valence-corrected chi connectivity index (χ3v) is 0.841. The maximum Gasteiger partial charge on any atom is 0.453 e. The third-order valence-electron chi connectivity index (χ3n) is 0.841. The molecule has 6 heteroatoms. The summed E-state index contributed by atoms with van der Waals surface area (Å²) in [6, 6.07) is 0. The van der Waals surface area contributed by atoms with Crippen LogP contribution < -0.4 is 0 Å². The van der Waals surface area contributed by atoms with Crippen molar-refractivity contribution in [3.05, 3.63) is 0 Å². The first kappa shape index (κ1) is 9.61. The fraction of sp³-hybridized carbons (Fsp3) is 1.00. The van der Waals surface area contributed by atoms with Crippen LogP contribution in [0.3, 0.4) is 0 Å². The summed E-state index contributed by atoms with van der Waals surface area (Å²) in [6.07, 6.45) is -7.12. The van der Waals surface area contributed by atoms with Gasteiger partial charge in [-0.2, -0.15) is 22.0 Å². The quantitative estimate of drug-likeness (QED) is 0.614. The first-order valence-corrected chi connectivity index (χ1v) is 2.36. The Labute approximate surface area is 53.5 Å². The van der Waals surface area contributed by atoms with E-state index in [-0.39, 0.29) is 0 Å². The third kappa shape index (κ3) is 2.09. The Kier molecular flexibility index (Phi) is 2.59. The highest BCUT2D eigenvalue weighted by atomic mass is 19.4. The second-order valence-corrected chi connectivity index (χ2v) is 1.68. The van der Waals surface area contributed by atoms with E-state index in [0.29, 0.717) is 0 Å². The van der Waals surface area contributed by atoms with Crippen LogP contribution in [0.1, 0.15) is 6.42 Å². The number of hydrogen-bond acceptors (Lipinski definition) is 1. The number of halogens is 5. The van der Waals surface area contributed by atoms with Crippen molar-refractivity contribution < 1.29 is 27.1 Å². The van der Waals surface area contributed by atoms with Gasteiger partial charge in [-0.3, -0.25) is 0 Å². The van der Waals surface area contributed by atoms with Crippen molar-refractivity contribution in [2.75, 3.05) is 6.61 Å². The maximum absolute atomic E-state index is 11.6. The molecule has 0 radical (unpaired) electrons. The van der Waals surface area contributed by atoms with Gasteiger partial charge in [-0.05, 0) is 0 Å². The molecule has 62 valence electrons. The van der Waals surface area contributed by atoms with Gasteiger partial charge in [0.15, 0.2) is 0 Å². The topological polar surface area (TPSA) is 20.2 Å². The highest BCUT2D eigenvalue weighted by Crippen LogP contribution is 2.37. The minimum absolute atomic E-state index is 1.17. The fourth-order valence-electron chi connectivity index (χ4n) is 0.282. The molecule has 0 heterocycles. The second kappa shape index (κ2) is 2.69. The molecule has 0 atom stereocenters. The predicted octanol–water partition coefficient (Wildman–Crippen LogP) is 1.57. The van der Waals surface area contributed by atoms with E-state index in [9.17, 15) is 22.0 Å². The van der Waals surface area contributed by atoms with Crippen molar-refractivity contribution in [2.24, 2.45) is 0 Å². The largest absolute Gasteiger partial charge is 0.453 e. The van der Waals surface area contributed by atoms with Gasteiger partial charge in [0.1, 0.15) is 0 Å². The van der Waals surface area contributed by atoms with E-state index in [4.69, 9.17) is 5.11 Å². The van der Waals surface area contributed by atoms with Crippen molar-refractivity contribution in [1.82, 2.24) is 0 Å². The summed E-state index contributed by atoms with van der Waals surface area (Å²) in [5, 5.41) is 7.79. The second-order valence-electron chi connectivity index (χ2n) is 1.68. The van der Waals surface area contributed by atoms with Crippen LogP contribution in [0, 0.1) is 0 Å². The molecule has 0 fully saturated rings. The molecule has 0 aromatic heterocycles. The summed E-state index contributed by atoms with van der Waals surface area (Å²) in [5.41, 5.74) is 0. The van der Waals surface area contributed by atoms with Gasteiger partial charge >= 0.3 is 12.1 Å². The van der Waals surface area contributed by atoms with Crippen LogP contribution in [0.15, 0.2) is 0 Å². The normalized spacial score (nSPS) is 13.8. The Morgan fingerprint density at radius 2 is 1.40 bits per heavy atom. The van der Waals surface area contributed by atoms with Gasteiger partial charge in [0.2, 0.25) is 0 Å². The molecule has 0 bridgehead atoms. The molecule has 0 aromatic carbocycles. The number of aliphatic hydroxyl groups excluding tert-OH is 1. The van der Waals surface area contributed by atoms with E-state index in [0.717, 1.165) is 0 Å². The summed E-state index contributed by atoms with van der Waals surface area (Å²) in [5.74, 6) is -4.76. The van der Waals surface area contributed by atoms with Crippen LogP contribution in [-0.4, -0.2) is 23.8 Å². The van der Waals surface area contributed by atoms with Crippen LogP contribution >= 0.6 is 0 Å². The van der Waals surface area contributed by atoms with Gasteiger partial charge in [0.25, 0.3) is 0 Å². The van der Waals surface area contributed by atoms with Gasteiger partial charge in [-0.25, -0.2) is 0 Å². The summed E-state index contributed by atoms with van der Waals surface area (Å²) in [7, 11) is 0. The standard InChI is InChI=1S/C4H5F5O/c5-3(6,1-2-10)4(7,8)9/h10H,1-2H2. The van der Waals surface area contributed by atoms with Crippen molar-refractivity contribution in [1.29, 1.82) is 0 Å². The molecule has 0 rings (SSSR count). The molecular weight excluding hydrogens is 159 g/mol. The minimum Gasteiger partial charge on any atom is -0.396 e. The zero-order valence-electron chi connectivity index (χ0n) is 4.75. The van der Waals surface area contributed by atoms with Crippen molar-refractivity contribution in [2.45, 2.75) is 18.5 Å². The molecule has 0 aliphatic carbocycles. The van der Waals surface area contributed by atoms with Crippen molar-refractivity contribution >= 4 is 0 Å². The maximum atomic E-state index is 11.6. The highest BCUT2D eigenvalue weighted by Gasteiger charge is 2.56. The van der Waals surface area contributed by atoms with E-state index in [1.165, 1.54) is 0 Å². The lowest BCUT2D eigenvalue weighted by atomic mass is 10.2. The van der Waals surface area contributed by atoms with Crippen LogP contribution in [0.25, 0.3) is 0 Å². The Bertz CT molecular complexity index is 107. The molecule has 0 saturated heterocycles. The van der Waals surface area contributed by atoms with Gasteiger partial charge < -0.3 is 5.11 Å². The molecule has 0 aromatic rings. The van der Waals surface area contributed by atoms with Crippen LogP contribution in [0.4, 0.5) is 22.0 Å². The molecule has 0 amide bonds. The molecule has 0 aliphatic heterocycles. The number of aliphatic hydroxyl groups is 1. The van der Waals surface area contributed by atoms with Gasteiger partial charge in [0.05, 0.1) is 0 Å². The molecule has 0 aliphatic rings. The summed E-state index contributed by atoms with van der Waals surface area (Å²) in [6.45, 7) is -1.17. The molecule has 1 nitrogen and oxygen atoms in total. The summed E-state index contributed by atoms with van der Waals surface area (Å²) < 4.78 is 56.8. The van der Waals surface area contributed by atoms with Crippen LogP contribution in [0.5, 0.6) is 0 Å². The molecule has 10 heavy (non-hydrogen) atoms. The molecule has 0 saturated carbocycles. The first-order valence-electron chi connectivity index (χ1n) is 2.36. The van der Waals surface area contributed by atoms with Crippen molar-refractivity contribution in [3.8, 4) is 0 Å². The molecule has 0 spiro atoms. The predicted molar refractivity (Wildman–Crippen MR) is 22.7 cm³/mol. The molecular formula is C4H5F5O. The fourth-order valence-corrected chi connectivity index (χ4v) is 0.282. The van der Waals surface area contributed by atoms with Crippen LogP contribution in [0.2, 0.25) is 0 Å². The minimum atomic E-state index is -5.55. The van der Waals surface area contributed by atoms with Gasteiger partial charge in [-0.1, -0.05) is 0 Å². The summed E-state index contributed by atoms with van der Waals surface area (Å²) >= 11 is 0. The van der Waals surface area contributed by atoms with E-state index in [1.54, 1.807) is 0 Å². The van der Waals surface area contributed by atoms with E-state index in [1.807, 2.05) is 0 Å². The average molecular weight is 164 g/mol. The zero-order chi connectivity index (χ0) is 8.41.